The Morgan fingerprint density at radius 1 is 1.56 bits per heavy atom. The third-order valence-electron chi connectivity index (χ3n) is 2.22. The number of nitrogens with two attached hydrogens (primary N) is 1. The molecule has 0 aliphatic rings. The predicted octanol–water partition coefficient (Wildman–Crippen LogP) is 2.63. The first-order valence-electron chi connectivity index (χ1n) is 4.98. The van der Waals surface area contributed by atoms with Crippen LogP contribution in [-0.2, 0) is 6.18 Å². The maximum atomic E-state index is 12.8. The van der Waals surface area contributed by atoms with Gasteiger partial charge in [-0.15, -0.1) is 0 Å². The molecule has 1 rings (SSSR count). The van der Waals surface area contributed by atoms with E-state index >= 15 is 0 Å². The highest BCUT2D eigenvalue weighted by atomic mass is 79.9. The summed E-state index contributed by atoms with van der Waals surface area (Å²) in [6.45, 7) is 0.201. The smallest absolute Gasteiger partial charge is 0.388 e. The third kappa shape index (κ3) is 3.86. The zero-order chi connectivity index (χ0) is 13.9. The van der Waals surface area contributed by atoms with Gasteiger partial charge in [-0.1, -0.05) is 0 Å². The molecule has 0 fully saturated rings. The lowest BCUT2D eigenvalue weighted by molar-refractivity contribution is -0.137. The fourth-order valence-electron chi connectivity index (χ4n) is 1.34. The minimum absolute atomic E-state index is 0.0764. The molecule has 100 valence electrons. The summed E-state index contributed by atoms with van der Waals surface area (Å²) in [5.74, 6) is -0.250. The minimum atomic E-state index is -4.48. The van der Waals surface area contributed by atoms with Crippen LogP contribution in [0.4, 0.5) is 19.0 Å². The van der Waals surface area contributed by atoms with Crippen molar-refractivity contribution in [3.63, 3.8) is 0 Å². The van der Waals surface area contributed by atoms with E-state index in [-0.39, 0.29) is 29.1 Å². The van der Waals surface area contributed by atoms with Gasteiger partial charge in [0.15, 0.2) is 0 Å². The van der Waals surface area contributed by atoms with E-state index in [1.165, 1.54) is 18.1 Å². The van der Waals surface area contributed by atoms with Gasteiger partial charge in [-0.2, -0.15) is 13.2 Å². The topological polar surface area (TPSA) is 66.0 Å². The molecule has 0 bridgehead atoms. The van der Waals surface area contributed by atoms with Crippen molar-refractivity contribution >= 4 is 27.6 Å². The average Bonchev–Trinajstić information content (AvgIpc) is 2.24. The maximum absolute atomic E-state index is 12.8. The molecule has 18 heavy (non-hydrogen) atoms. The second kappa shape index (κ2) is 5.55. The molecular weight excluding hydrogens is 313 g/mol. The van der Waals surface area contributed by atoms with Crippen molar-refractivity contribution in [3.8, 4) is 0 Å². The second-order valence-electron chi connectivity index (χ2n) is 3.72. The van der Waals surface area contributed by atoms with Gasteiger partial charge in [-0.05, 0) is 22.0 Å². The Balaban J connectivity index is 3.04. The number of nitrogens with one attached hydrogen (secondary N) is 1. The molecule has 3 N–H and O–H groups in total. The SMILES string of the molecule is CN(CCC(=N)N)c1ncc(Br)cc1C(F)(F)F. The van der Waals surface area contributed by atoms with Crippen molar-refractivity contribution in [1.29, 1.82) is 5.41 Å². The van der Waals surface area contributed by atoms with E-state index in [4.69, 9.17) is 11.1 Å². The zero-order valence-corrected chi connectivity index (χ0v) is 11.1. The summed E-state index contributed by atoms with van der Waals surface area (Å²) in [4.78, 5) is 5.10. The Labute approximate surface area is 111 Å². The number of hydrogen-bond acceptors (Lipinski definition) is 3. The largest absolute Gasteiger partial charge is 0.419 e. The lowest BCUT2D eigenvalue weighted by Gasteiger charge is -2.22. The molecule has 0 atom stereocenters. The van der Waals surface area contributed by atoms with Crippen LogP contribution >= 0.6 is 15.9 Å². The molecule has 0 aliphatic carbocycles. The Morgan fingerprint density at radius 2 is 2.17 bits per heavy atom. The molecular formula is C10H12BrF3N4. The van der Waals surface area contributed by atoms with Crippen molar-refractivity contribution in [3.05, 3.63) is 22.3 Å². The quantitative estimate of drug-likeness (QED) is 0.661. The van der Waals surface area contributed by atoms with Gasteiger partial charge in [0.2, 0.25) is 0 Å². The number of aromatic nitrogens is 1. The molecule has 4 nitrogen and oxygen atoms in total. The Hall–Kier alpha value is -1.31. The number of nitrogens with zero attached hydrogens (tertiary/aromatic N) is 2. The zero-order valence-electron chi connectivity index (χ0n) is 9.55. The molecule has 1 heterocycles. The summed E-state index contributed by atoms with van der Waals surface area (Å²) in [5, 5.41) is 7.06. The maximum Gasteiger partial charge on any atom is 0.419 e. The van der Waals surface area contributed by atoms with E-state index in [1.807, 2.05) is 0 Å². The Bertz CT molecular complexity index is 447. The monoisotopic (exact) mass is 324 g/mol. The summed E-state index contributed by atoms with van der Waals surface area (Å²) >= 11 is 2.96. The molecule has 0 aromatic carbocycles. The molecule has 8 heteroatoms. The lowest BCUT2D eigenvalue weighted by atomic mass is 10.2. The van der Waals surface area contributed by atoms with E-state index in [9.17, 15) is 13.2 Å². The predicted molar refractivity (Wildman–Crippen MR) is 66.7 cm³/mol. The highest BCUT2D eigenvalue weighted by Crippen LogP contribution is 2.36. The number of amidine groups is 1. The number of anilines is 1. The summed E-state index contributed by atoms with van der Waals surface area (Å²) in [7, 11) is 1.48. The highest BCUT2D eigenvalue weighted by Gasteiger charge is 2.35. The average molecular weight is 325 g/mol. The summed E-state index contributed by atoms with van der Waals surface area (Å²) in [5.41, 5.74) is 4.36. The molecule has 0 radical (unpaired) electrons. The fourth-order valence-corrected chi connectivity index (χ4v) is 1.67. The van der Waals surface area contributed by atoms with Crippen LogP contribution < -0.4 is 10.6 Å². The second-order valence-corrected chi connectivity index (χ2v) is 4.63. The fraction of sp³-hybridized carbons (Fsp3) is 0.400. The number of rotatable bonds is 4. The number of alkyl halides is 3. The van der Waals surface area contributed by atoms with Crippen molar-refractivity contribution in [1.82, 2.24) is 4.98 Å². The highest BCUT2D eigenvalue weighted by molar-refractivity contribution is 9.10. The van der Waals surface area contributed by atoms with Crippen molar-refractivity contribution in [2.75, 3.05) is 18.5 Å². The minimum Gasteiger partial charge on any atom is -0.388 e. The van der Waals surface area contributed by atoms with E-state index < -0.39 is 11.7 Å². The number of pyridine rings is 1. The first-order chi connectivity index (χ1) is 8.21. The molecule has 0 amide bonds. The van der Waals surface area contributed by atoms with Gasteiger partial charge in [0.25, 0.3) is 0 Å². The summed E-state index contributed by atoms with van der Waals surface area (Å²) in [6, 6.07) is 0.979. The Kier molecular flexibility index (Phi) is 4.55. The molecule has 1 aromatic rings. The number of hydrogen-bond donors (Lipinski definition) is 2. The molecule has 0 spiro atoms. The van der Waals surface area contributed by atoms with E-state index in [0.717, 1.165) is 6.07 Å². The normalized spacial score (nSPS) is 11.4. The molecule has 0 saturated heterocycles. The van der Waals surface area contributed by atoms with Crippen LogP contribution in [0.2, 0.25) is 0 Å². The van der Waals surface area contributed by atoms with Crippen LogP contribution in [0.3, 0.4) is 0 Å². The van der Waals surface area contributed by atoms with Gasteiger partial charge in [0, 0.05) is 30.7 Å². The van der Waals surface area contributed by atoms with Gasteiger partial charge in [-0.25, -0.2) is 4.98 Å². The van der Waals surface area contributed by atoms with Gasteiger partial charge in [0.1, 0.15) is 5.82 Å². The van der Waals surface area contributed by atoms with E-state index in [0.29, 0.717) is 0 Å². The first-order valence-corrected chi connectivity index (χ1v) is 5.78. The van der Waals surface area contributed by atoms with Crippen LogP contribution in [0.1, 0.15) is 12.0 Å². The standard InChI is InChI=1S/C10H12BrF3N4/c1-18(3-2-8(15)16)9-7(10(12,13)14)4-6(11)5-17-9/h4-5H,2-3H2,1H3,(H3,15,16). The van der Waals surface area contributed by atoms with E-state index in [2.05, 4.69) is 20.9 Å². The van der Waals surface area contributed by atoms with Crippen molar-refractivity contribution in [2.24, 2.45) is 5.73 Å². The first kappa shape index (κ1) is 14.7. The van der Waals surface area contributed by atoms with Crippen LogP contribution in [0.15, 0.2) is 16.7 Å². The Morgan fingerprint density at radius 3 is 2.67 bits per heavy atom. The third-order valence-corrected chi connectivity index (χ3v) is 2.65. The van der Waals surface area contributed by atoms with Gasteiger partial charge in [0.05, 0.1) is 11.4 Å². The van der Waals surface area contributed by atoms with Crippen molar-refractivity contribution < 1.29 is 13.2 Å². The van der Waals surface area contributed by atoms with Crippen LogP contribution in [0.25, 0.3) is 0 Å². The van der Waals surface area contributed by atoms with E-state index in [1.54, 1.807) is 0 Å². The lowest BCUT2D eigenvalue weighted by Crippen LogP contribution is -2.27. The van der Waals surface area contributed by atoms with Gasteiger partial charge in [-0.3, -0.25) is 5.41 Å². The molecule has 0 unspecified atom stereocenters. The van der Waals surface area contributed by atoms with Gasteiger partial charge < -0.3 is 10.6 Å². The molecule has 1 aromatic heterocycles. The summed E-state index contributed by atoms with van der Waals surface area (Å²) in [6.07, 6.45) is -2.99. The molecule has 0 aliphatic heterocycles. The summed E-state index contributed by atoms with van der Waals surface area (Å²) < 4.78 is 38.8. The van der Waals surface area contributed by atoms with Crippen molar-refractivity contribution in [2.45, 2.75) is 12.6 Å². The van der Waals surface area contributed by atoms with Crippen LogP contribution in [0.5, 0.6) is 0 Å². The molecule has 0 saturated carbocycles. The number of halogens is 4. The van der Waals surface area contributed by atoms with Crippen LogP contribution in [0, 0.1) is 5.41 Å². The van der Waals surface area contributed by atoms with Crippen LogP contribution in [-0.4, -0.2) is 24.4 Å². The van der Waals surface area contributed by atoms with Gasteiger partial charge >= 0.3 is 6.18 Å².